The zero-order valence-corrected chi connectivity index (χ0v) is 11.2. The third kappa shape index (κ3) is 3.31. The van der Waals surface area contributed by atoms with Crippen molar-refractivity contribution in [2.75, 3.05) is 6.54 Å². The number of nitrogens with one attached hydrogen (secondary N) is 1. The van der Waals surface area contributed by atoms with Crippen LogP contribution in [0.15, 0.2) is 35.2 Å². The molecule has 2 rings (SSSR count). The van der Waals surface area contributed by atoms with Gasteiger partial charge in [0, 0.05) is 6.04 Å². The van der Waals surface area contributed by atoms with Crippen molar-refractivity contribution in [2.45, 2.75) is 36.6 Å². The zero-order valence-electron chi connectivity index (χ0n) is 10.4. The van der Waals surface area contributed by atoms with Gasteiger partial charge < -0.3 is 5.73 Å². The van der Waals surface area contributed by atoms with Gasteiger partial charge in [-0.3, -0.25) is 0 Å². The van der Waals surface area contributed by atoms with Gasteiger partial charge in [0.2, 0.25) is 10.0 Å². The van der Waals surface area contributed by atoms with Crippen molar-refractivity contribution in [1.82, 2.24) is 4.72 Å². The van der Waals surface area contributed by atoms with E-state index in [2.05, 4.69) is 4.72 Å². The predicted octanol–water partition coefficient (Wildman–Crippen LogP) is 1.48. The van der Waals surface area contributed by atoms with Crippen LogP contribution in [0.1, 0.15) is 25.7 Å². The lowest BCUT2D eigenvalue weighted by atomic mass is 9.86. The van der Waals surface area contributed by atoms with Gasteiger partial charge in [0.05, 0.1) is 4.90 Å². The maximum Gasteiger partial charge on any atom is 0.240 e. The summed E-state index contributed by atoms with van der Waals surface area (Å²) >= 11 is 0. The van der Waals surface area contributed by atoms with E-state index in [4.69, 9.17) is 5.73 Å². The maximum absolute atomic E-state index is 12.2. The Labute approximate surface area is 109 Å². The molecule has 0 aliphatic heterocycles. The fraction of sp³-hybridized carbons (Fsp3) is 0.538. The first kappa shape index (κ1) is 13.5. The summed E-state index contributed by atoms with van der Waals surface area (Å²) in [7, 11) is -3.38. The second-order valence-corrected chi connectivity index (χ2v) is 6.61. The Hall–Kier alpha value is -0.910. The molecule has 2 unspecified atom stereocenters. The number of hydrogen-bond acceptors (Lipinski definition) is 3. The van der Waals surface area contributed by atoms with Crippen LogP contribution in [0.5, 0.6) is 0 Å². The normalized spacial score (nSPS) is 24.9. The average molecular weight is 268 g/mol. The molecule has 0 bridgehead atoms. The molecule has 0 saturated heterocycles. The van der Waals surface area contributed by atoms with E-state index in [0.29, 0.717) is 17.4 Å². The summed E-state index contributed by atoms with van der Waals surface area (Å²) in [5.74, 6) is 0.447. The molecule has 1 saturated carbocycles. The molecule has 1 aromatic carbocycles. The van der Waals surface area contributed by atoms with E-state index in [1.807, 2.05) is 6.07 Å². The molecule has 0 radical (unpaired) electrons. The molecule has 3 N–H and O–H groups in total. The highest BCUT2D eigenvalue weighted by Gasteiger charge is 2.25. The fourth-order valence-corrected chi connectivity index (χ4v) is 3.80. The van der Waals surface area contributed by atoms with Gasteiger partial charge in [0.1, 0.15) is 0 Å². The molecule has 0 amide bonds. The first-order chi connectivity index (χ1) is 8.62. The number of sulfonamides is 1. The van der Waals surface area contributed by atoms with E-state index in [0.717, 1.165) is 25.7 Å². The lowest BCUT2D eigenvalue weighted by Crippen LogP contribution is -2.39. The van der Waals surface area contributed by atoms with Crippen LogP contribution in [0.2, 0.25) is 0 Å². The Morgan fingerprint density at radius 1 is 1.22 bits per heavy atom. The van der Waals surface area contributed by atoms with Crippen LogP contribution in [0.25, 0.3) is 0 Å². The summed E-state index contributed by atoms with van der Waals surface area (Å²) in [5, 5.41) is 0. The quantitative estimate of drug-likeness (QED) is 0.869. The van der Waals surface area contributed by atoms with E-state index in [-0.39, 0.29) is 6.04 Å². The first-order valence-corrected chi connectivity index (χ1v) is 7.87. The molecule has 1 aromatic rings. The van der Waals surface area contributed by atoms with Gasteiger partial charge in [-0.1, -0.05) is 24.6 Å². The summed E-state index contributed by atoms with van der Waals surface area (Å²) in [6.45, 7) is 0.642. The van der Waals surface area contributed by atoms with Crippen molar-refractivity contribution >= 4 is 10.0 Å². The number of benzene rings is 1. The third-order valence-corrected chi connectivity index (χ3v) is 5.03. The summed E-state index contributed by atoms with van der Waals surface area (Å²) in [4.78, 5) is 0.333. The Morgan fingerprint density at radius 2 is 1.94 bits per heavy atom. The van der Waals surface area contributed by atoms with Gasteiger partial charge in [-0.2, -0.15) is 0 Å². The molecule has 1 aliphatic carbocycles. The topological polar surface area (TPSA) is 72.2 Å². The molecule has 0 spiro atoms. The molecule has 4 nitrogen and oxygen atoms in total. The van der Waals surface area contributed by atoms with Crippen LogP contribution < -0.4 is 10.5 Å². The van der Waals surface area contributed by atoms with Crippen LogP contribution in [0, 0.1) is 5.92 Å². The summed E-state index contributed by atoms with van der Waals surface area (Å²) in [6.07, 6.45) is 3.91. The van der Waals surface area contributed by atoms with Crippen LogP contribution in [-0.4, -0.2) is 21.0 Å². The molecule has 5 heteroatoms. The standard InChI is InChI=1S/C13H20N2O2S/c14-10-11-5-4-6-12(9-11)15-18(16,17)13-7-2-1-3-8-13/h1-3,7-8,11-12,15H,4-6,9-10,14H2. The maximum atomic E-state index is 12.2. The molecule has 100 valence electrons. The van der Waals surface area contributed by atoms with E-state index in [1.165, 1.54) is 0 Å². The molecular formula is C13H20N2O2S. The highest BCUT2D eigenvalue weighted by Crippen LogP contribution is 2.24. The molecular weight excluding hydrogens is 248 g/mol. The largest absolute Gasteiger partial charge is 0.330 e. The fourth-order valence-electron chi connectivity index (χ4n) is 2.50. The lowest BCUT2D eigenvalue weighted by molar-refractivity contribution is 0.314. The van der Waals surface area contributed by atoms with Gasteiger partial charge in [-0.15, -0.1) is 0 Å². The van der Waals surface area contributed by atoms with Crippen molar-refractivity contribution in [1.29, 1.82) is 0 Å². The van der Waals surface area contributed by atoms with Crippen LogP contribution in [-0.2, 0) is 10.0 Å². The SMILES string of the molecule is NCC1CCCC(NS(=O)(=O)c2ccccc2)C1. The van der Waals surface area contributed by atoms with Crippen molar-refractivity contribution in [3.05, 3.63) is 30.3 Å². The number of nitrogens with two attached hydrogens (primary N) is 1. The molecule has 18 heavy (non-hydrogen) atoms. The highest BCUT2D eigenvalue weighted by molar-refractivity contribution is 7.89. The van der Waals surface area contributed by atoms with E-state index in [9.17, 15) is 8.42 Å². The van der Waals surface area contributed by atoms with Crippen LogP contribution in [0.4, 0.5) is 0 Å². The minimum Gasteiger partial charge on any atom is -0.330 e. The molecule has 0 aromatic heterocycles. The lowest BCUT2D eigenvalue weighted by Gasteiger charge is -2.28. The second-order valence-electron chi connectivity index (χ2n) is 4.90. The summed E-state index contributed by atoms with van der Waals surface area (Å²) in [6, 6.07) is 8.54. The summed E-state index contributed by atoms with van der Waals surface area (Å²) < 4.78 is 27.1. The molecule has 2 atom stereocenters. The van der Waals surface area contributed by atoms with Crippen LogP contribution in [0.3, 0.4) is 0 Å². The minimum absolute atomic E-state index is 0.0255. The summed E-state index contributed by atoms with van der Waals surface area (Å²) in [5.41, 5.74) is 5.66. The van der Waals surface area contributed by atoms with Crippen molar-refractivity contribution < 1.29 is 8.42 Å². The van der Waals surface area contributed by atoms with Gasteiger partial charge in [-0.25, -0.2) is 13.1 Å². The molecule has 1 fully saturated rings. The Bertz CT molecular complexity index is 473. The first-order valence-electron chi connectivity index (χ1n) is 6.39. The Kier molecular flexibility index (Phi) is 4.37. The van der Waals surface area contributed by atoms with Gasteiger partial charge >= 0.3 is 0 Å². The predicted molar refractivity (Wildman–Crippen MR) is 71.6 cm³/mol. The second kappa shape index (κ2) is 5.82. The average Bonchev–Trinajstić information content (AvgIpc) is 2.39. The Morgan fingerprint density at radius 3 is 2.61 bits per heavy atom. The van der Waals surface area contributed by atoms with Gasteiger partial charge in [0.15, 0.2) is 0 Å². The zero-order chi connectivity index (χ0) is 13.0. The van der Waals surface area contributed by atoms with Crippen molar-refractivity contribution in [2.24, 2.45) is 11.7 Å². The van der Waals surface area contributed by atoms with E-state index < -0.39 is 10.0 Å². The monoisotopic (exact) mass is 268 g/mol. The minimum atomic E-state index is -3.38. The third-order valence-electron chi connectivity index (χ3n) is 3.49. The number of rotatable bonds is 4. The smallest absolute Gasteiger partial charge is 0.240 e. The van der Waals surface area contributed by atoms with Crippen molar-refractivity contribution in [3.63, 3.8) is 0 Å². The van der Waals surface area contributed by atoms with Gasteiger partial charge in [0.25, 0.3) is 0 Å². The highest BCUT2D eigenvalue weighted by atomic mass is 32.2. The van der Waals surface area contributed by atoms with E-state index in [1.54, 1.807) is 24.3 Å². The van der Waals surface area contributed by atoms with Gasteiger partial charge in [-0.05, 0) is 43.9 Å². The molecule has 0 heterocycles. The number of hydrogen-bond donors (Lipinski definition) is 2. The van der Waals surface area contributed by atoms with E-state index >= 15 is 0 Å². The van der Waals surface area contributed by atoms with Crippen LogP contribution >= 0.6 is 0 Å². The molecule has 1 aliphatic rings. The van der Waals surface area contributed by atoms with Crippen molar-refractivity contribution in [3.8, 4) is 0 Å². The Balaban J connectivity index is 2.05.